The minimum Gasteiger partial charge on any atom is -0.469 e. The molecule has 0 heterocycles. The van der Waals surface area contributed by atoms with Crippen LogP contribution in [0.25, 0.3) is 0 Å². The Morgan fingerprint density at radius 1 is 0.938 bits per heavy atom. The molecule has 0 saturated heterocycles. The molecular formula is C23H21FN2O5S. The number of halogens is 1. The number of rotatable bonds is 8. The number of amides is 1. The molecule has 2 N–H and O–H groups in total. The first-order valence-electron chi connectivity index (χ1n) is 9.60. The van der Waals surface area contributed by atoms with Gasteiger partial charge >= 0.3 is 5.97 Å². The molecule has 0 aliphatic carbocycles. The zero-order valence-electron chi connectivity index (χ0n) is 17.1. The van der Waals surface area contributed by atoms with Crippen LogP contribution in [0.1, 0.15) is 28.4 Å². The third-order valence-corrected chi connectivity index (χ3v) is 6.03. The van der Waals surface area contributed by atoms with Crippen LogP contribution in [0, 0.1) is 5.82 Å². The van der Waals surface area contributed by atoms with E-state index in [1.165, 1.54) is 49.6 Å². The van der Waals surface area contributed by atoms with Crippen molar-refractivity contribution in [3.8, 4) is 0 Å². The quantitative estimate of drug-likeness (QED) is 0.504. The monoisotopic (exact) mass is 456 g/mol. The van der Waals surface area contributed by atoms with E-state index in [2.05, 4.69) is 10.0 Å². The van der Waals surface area contributed by atoms with Gasteiger partial charge in [-0.25, -0.2) is 12.8 Å². The van der Waals surface area contributed by atoms with Crippen LogP contribution in [0.4, 0.5) is 10.1 Å². The van der Waals surface area contributed by atoms with Gasteiger partial charge in [0.1, 0.15) is 5.82 Å². The highest BCUT2D eigenvalue weighted by Crippen LogP contribution is 2.21. The van der Waals surface area contributed by atoms with E-state index >= 15 is 0 Å². The first-order chi connectivity index (χ1) is 15.3. The predicted octanol–water partition coefficient (Wildman–Crippen LogP) is 3.66. The minimum atomic E-state index is -4.05. The molecule has 3 rings (SSSR count). The summed E-state index contributed by atoms with van der Waals surface area (Å²) in [6.45, 7) is 0. The van der Waals surface area contributed by atoms with Crippen molar-refractivity contribution in [3.05, 3.63) is 95.8 Å². The molecule has 0 aromatic heterocycles. The van der Waals surface area contributed by atoms with Crippen LogP contribution >= 0.6 is 0 Å². The highest BCUT2D eigenvalue weighted by atomic mass is 32.2. The summed E-state index contributed by atoms with van der Waals surface area (Å²) in [6.07, 6.45) is -0.0642. The number of hydrogen-bond donors (Lipinski definition) is 2. The SMILES string of the molecule is COC(=O)CC(NC(=O)c1ccc(S(=O)(=O)Nc2ccccc2F)cc1)c1ccccc1. The van der Waals surface area contributed by atoms with Crippen LogP contribution in [-0.4, -0.2) is 27.4 Å². The molecule has 0 aliphatic rings. The van der Waals surface area contributed by atoms with E-state index in [4.69, 9.17) is 4.74 Å². The molecular weight excluding hydrogens is 435 g/mol. The highest BCUT2D eigenvalue weighted by molar-refractivity contribution is 7.92. The van der Waals surface area contributed by atoms with Gasteiger partial charge in [-0.15, -0.1) is 0 Å². The van der Waals surface area contributed by atoms with Crippen molar-refractivity contribution in [3.63, 3.8) is 0 Å². The second kappa shape index (κ2) is 10.1. The lowest BCUT2D eigenvalue weighted by atomic mass is 10.0. The van der Waals surface area contributed by atoms with Gasteiger partial charge in [0.15, 0.2) is 0 Å². The van der Waals surface area contributed by atoms with Crippen LogP contribution in [0.5, 0.6) is 0 Å². The van der Waals surface area contributed by atoms with Gasteiger partial charge in [0.05, 0.1) is 30.2 Å². The van der Waals surface area contributed by atoms with Gasteiger partial charge in [0.2, 0.25) is 0 Å². The molecule has 1 amide bonds. The smallest absolute Gasteiger partial charge is 0.307 e. The van der Waals surface area contributed by atoms with Crippen molar-refractivity contribution < 1.29 is 27.1 Å². The van der Waals surface area contributed by atoms with Gasteiger partial charge in [-0.1, -0.05) is 42.5 Å². The Labute approximate surface area is 185 Å². The topological polar surface area (TPSA) is 102 Å². The largest absolute Gasteiger partial charge is 0.469 e. The van der Waals surface area contributed by atoms with Crippen molar-refractivity contribution in [2.24, 2.45) is 0 Å². The van der Waals surface area contributed by atoms with Gasteiger partial charge in [-0.3, -0.25) is 14.3 Å². The second-order valence-electron chi connectivity index (χ2n) is 6.83. The van der Waals surface area contributed by atoms with Crippen LogP contribution < -0.4 is 10.0 Å². The molecule has 1 unspecified atom stereocenters. The highest BCUT2D eigenvalue weighted by Gasteiger charge is 2.21. The number of carbonyl (C=O) groups excluding carboxylic acids is 2. The first kappa shape index (κ1) is 23.0. The van der Waals surface area contributed by atoms with Gasteiger partial charge < -0.3 is 10.1 Å². The molecule has 166 valence electrons. The zero-order chi connectivity index (χ0) is 23.1. The molecule has 0 spiro atoms. The Balaban J connectivity index is 1.76. The Morgan fingerprint density at radius 3 is 2.19 bits per heavy atom. The van der Waals surface area contributed by atoms with E-state index in [0.717, 1.165) is 11.6 Å². The molecule has 0 aliphatic heterocycles. The van der Waals surface area contributed by atoms with Gasteiger partial charge in [0, 0.05) is 5.56 Å². The number of nitrogens with one attached hydrogen (secondary N) is 2. The van der Waals surface area contributed by atoms with Crippen LogP contribution in [0.2, 0.25) is 0 Å². The molecule has 0 bridgehead atoms. The molecule has 3 aromatic rings. The summed E-state index contributed by atoms with van der Waals surface area (Å²) in [5.74, 6) is -1.68. The number of carbonyl (C=O) groups is 2. The summed E-state index contributed by atoms with van der Waals surface area (Å²) >= 11 is 0. The number of methoxy groups -OCH3 is 1. The number of hydrogen-bond acceptors (Lipinski definition) is 5. The second-order valence-corrected chi connectivity index (χ2v) is 8.51. The Bertz CT molecular complexity index is 1200. The van der Waals surface area contributed by atoms with E-state index in [1.54, 1.807) is 24.3 Å². The molecule has 0 fully saturated rings. The van der Waals surface area contributed by atoms with E-state index in [0.29, 0.717) is 0 Å². The van der Waals surface area contributed by atoms with Gasteiger partial charge in [-0.2, -0.15) is 0 Å². The maximum atomic E-state index is 13.8. The van der Waals surface area contributed by atoms with Crippen molar-refractivity contribution in [1.29, 1.82) is 0 Å². The number of para-hydroxylation sites is 1. The average molecular weight is 456 g/mol. The molecule has 7 nitrogen and oxygen atoms in total. The summed E-state index contributed by atoms with van der Waals surface area (Å²) < 4.78 is 45.7. The molecule has 0 radical (unpaired) electrons. The predicted molar refractivity (Wildman–Crippen MR) is 117 cm³/mol. The third kappa shape index (κ3) is 5.70. The molecule has 32 heavy (non-hydrogen) atoms. The average Bonchev–Trinajstić information content (AvgIpc) is 2.80. The lowest BCUT2D eigenvalue weighted by molar-refractivity contribution is -0.141. The normalized spacial score (nSPS) is 11.9. The minimum absolute atomic E-state index is 0.0642. The van der Waals surface area contributed by atoms with Crippen LogP contribution in [0.3, 0.4) is 0 Å². The lowest BCUT2D eigenvalue weighted by Gasteiger charge is -2.18. The molecule has 9 heteroatoms. The number of anilines is 1. The first-order valence-corrected chi connectivity index (χ1v) is 11.1. The summed E-state index contributed by atoms with van der Waals surface area (Å²) in [5, 5.41) is 2.77. The number of sulfonamides is 1. The van der Waals surface area contributed by atoms with Crippen LogP contribution in [0.15, 0.2) is 83.8 Å². The number of ether oxygens (including phenoxy) is 1. The van der Waals surface area contributed by atoms with E-state index < -0.39 is 33.8 Å². The molecule has 0 saturated carbocycles. The number of benzene rings is 3. The summed E-state index contributed by atoms with van der Waals surface area (Å²) in [5.41, 5.74) is 0.739. The third-order valence-electron chi connectivity index (χ3n) is 4.65. The fourth-order valence-electron chi connectivity index (χ4n) is 2.96. The Kier molecular flexibility index (Phi) is 7.21. The van der Waals surface area contributed by atoms with Crippen molar-refractivity contribution >= 4 is 27.6 Å². The van der Waals surface area contributed by atoms with Crippen molar-refractivity contribution in [1.82, 2.24) is 5.32 Å². The van der Waals surface area contributed by atoms with E-state index in [-0.39, 0.29) is 22.6 Å². The zero-order valence-corrected chi connectivity index (χ0v) is 17.9. The van der Waals surface area contributed by atoms with Gasteiger partial charge in [-0.05, 0) is 42.0 Å². The number of esters is 1. The summed E-state index contributed by atoms with van der Waals surface area (Å²) in [4.78, 5) is 24.4. The maximum absolute atomic E-state index is 13.8. The van der Waals surface area contributed by atoms with E-state index in [9.17, 15) is 22.4 Å². The Hall–Kier alpha value is -3.72. The fourth-order valence-corrected chi connectivity index (χ4v) is 4.03. The molecule has 3 aromatic carbocycles. The lowest BCUT2D eigenvalue weighted by Crippen LogP contribution is -2.30. The van der Waals surface area contributed by atoms with Gasteiger partial charge in [0.25, 0.3) is 15.9 Å². The Morgan fingerprint density at radius 2 is 1.56 bits per heavy atom. The summed E-state index contributed by atoms with van der Waals surface area (Å²) in [7, 11) is -2.78. The standard InChI is InChI=1S/C23H21FN2O5S/c1-31-22(27)15-21(16-7-3-2-4-8-16)25-23(28)17-11-13-18(14-12-17)32(29,30)26-20-10-6-5-9-19(20)24/h2-14,21,26H,15H2,1H3,(H,25,28). The fraction of sp³-hybridized carbons (Fsp3) is 0.130. The van der Waals surface area contributed by atoms with Crippen molar-refractivity contribution in [2.75, 3.05) is 11.8 Å². The van der Waals surface area contributed by atoms with Crippen molar-refractivity contribution in [2.45, 2.75) is 17.4 Å². The summed E-state index contributed by atoms with van der Waals surface area (Å²) in [6, 6.07) is 18.9. The van der Waals surface area contributed by atoms with Crippen LogP contribution in [-0.2, 0) is 19.6 Å². The molecule has 1 atom stereocenters. The maximum Gasteiger partial charge on any atom is 0.307 e. The van der Waals surface area contributed by atoms with E-state index in [1.807, 2.05) is 6.07 Å².